The number of carbonyl (C=O) groups is 1. The number of benzene rings is 2. The summed E-state index contributed by atoms with van der Waals surface area (Å²) in [5.41, 5.74) is 3.83. The van der Waals surface area contributed by atoms with Gasteiger partial charge in [-0.1, -0.05) is 60.7 Å². The molecule has 32 heavy (non-hydrogen) atoms. The topological polar surface area (TPSA) is 92.2 Å². The van der Waals surface area contributed by atoms with Crippen LogP contribution in [0.5, 0.6) is 0 Å². The third kappa shape index (κ3) is 2.81. The first-order chi connectivity index (χ1) is 15.6. The van der Waals surface area contributed by atoms with Gasteiger partial charge in [-0.25, -0.2) is 0 Å². The highest BCUT2D eigenvalue weighted by Gasteiger charge is 2.40. The maximum Gasteiger partial charge on any atom is 0.258 e. The van der Waals surface area contributed by atoms with Crippen molar-refractivity contribution in [1.29, 1.82) is 0 Å². The van der Waals surface area contributed by atoms with Crippen molar-refractivity contribution in [3.05, 3.63) is 105 Å². The molecule has 7 nitrogen and oxygen atoms in total. The number of aryl methyl sites for hydroxylation is 1. The van der Waals surface area contributed by atoms with Crippen LogP contribution in [0.15, 0.2) is 76.7 Å². The van der Waals surface area contributed by atoms with Gasteiger partial charge in [-0.15, -0.1) is 5.10 Å². The number of aromatic amines is 1. The highest BCUT2D eigenvalue weighted by Crippen LogP contribution is 2.46. The van der Waals surface area contributed by atoms with Gasteiger partial charge in [0, 0.05) is 23.6 Å². The van der Waals surface area contributed by atoms with Gasteiger partial charge in [0.05, 0.1) is 5.56 Å². The van der Waals surface area contributed by atoms with Gasteiger partial charge >= 0.3 is 0 Å². The summed E-state index contributed by atoms with van der Waals surface area (Å²) in [5.74, 6) is 1.23. The Morgan fingerprint density at radius 2 is 1.62 bits per heavy atom. The number of aromatic nitrogens is 4. The van der Waals surface area contributed by atoms with Crippen molar-refractivity contribution in [3.8, 4) is 0 Å². The molecule has 3 heterocycles. The second-order valence-electron chi connectivity index (χ2n) is 8.41. The zero-order valence-electron chi connectivity index (χ0n) is 17.5. The van der Waals surface area contributed by atoms with E-state index in [2.05, 4.69) is 32.5 Å². The normalized spacial score (nSPS) is 20.1. The van der Waals surface area contributed by atoms with Crippen molar-refractivity contribution < 1.29 is 4.79 Å². The van der Waals surface area contributed by atoms with E-state index in [0.717, 1.165) is 16.8 Å². The molecule has 2 unspecified atom stereocenters. The first kappa shape index (κ1) is 18.7. The second kappa shape index (κ2) is 7.02. The summed E-state index contributed by atoms with van der Waals surface area (Å²) in [6, 6.07) is 19.9. The molecule has 1 aliphatic carbocycles. The number of H-pyrrole nitrogens is 1. The molecule has 0 saturated carbocycles. The Bertz CT molecular complexity index is 1450. The Hall–Kier alpha value is -4.00. The van der Waals surface area contributed by atoms with Crippen molar-refractivity contribution in [2.24, 2.45) is 0 Å². The average Bonchev–Trinajstić information content (AvgIpc) is 3.19. The number of hydrogen-bond donors (Lipinski definition) is 2. The summed E-state index contributed by atoms with van der Waals surface area (Å²) in [7, 11) is 0. The molecule has 2 atom stereocenters. The minimum absolute atomic E-state index is 0.0707. The van der Waals surface area contributed by atoms with Crippen molar-refractivity contribution in [1.82, 2.24) is 19.6 Å². The maximum atomic E-state index is 13.5. The van der Waals surface area contributed by atoms with Crippen LogP contribution < -0.4 is 10.9 Å². The Balaban J connectivity index is 1.59. The number of Topliss-reactive ketones (excluding diaryl/α,β-unsaturated/α-hetero) is 1. The summed E-state index contributed by atoms with van der Waals surface area (Å²) < 4.78 is 1.64. The lowest BCUT2D eigenvalue weighted by atomic mass is 9.72. The lowest BCUT2D eigenvalue weighted by Crippen LogP contribution is -2.35. The van der Waals surface area contributed by atoms with Crippen molar-refractivity contribution in [3.63, 3.8) is 0 Å². The van der Waals surface area contributed by atoms with Gasteiger partial charge in [0.25, 0.3) is 5.56 Å². The van der Waals surface area contributed by atoms with Gasteiger partial charge in [-0.05, 0) is 30.4 Å². The van der Waals surface area contributed by atoms with Crippen molar-refractivity contribution in [2.45, 2.75) is 31.6 Å². The van der Waals surface area contributed by atoms with E-state index in [9.17, 15) is 9.59 Å². The molecule has 0 spiro atoms. The Morgan fingerprint density at radius 3 is 2.34 bits per heavy atom. The minimum Gasteiger partial charge on any atom is -0.343 e. The molecule has 2 aromatic heterocycles. The van der Waals surface area contributed by atoms with Gasteiger partial charge in [0.2, 0.25) is 5.78 Å². The van der Waals surface area contributed by atoms with Crippen LogP contribution in [0, 0.1) is 6.92 Å². The number of allylic oxidation sites excluding steroid dienone is 2. The molecular formula is C25H21N5O2. The molecule has 158 valence electrons. The van der Waals surface area contributed by atoms with E-state index in [1.54, 1.807) is 11.4 Å². The van der Waals surface area contributed by atoms with Crippen LogP contribution in [0.4, 0.5) is 5.82 Å². The van der Waals surface area contributed by atoms with E-state index < -0.39 is 5.92 Å². The van der Waals surface area contributed by atoms with E-state index in [4.69, 9.17) is 0 Å². The number of nitrogens with zero attached hydrogens (tertiary/aromatic N) is 3. The molecule has 0 saturated heterocycles. The largest absolute Gasteiger partial charge is 0.343 e. The van der Waals surface area contributed by atoms with Crippen molar-refractivity contribution >= 4 is 17.4 Å². The van der Waals surface area contributed by atoms with E-state index in [1.807, 2.05) is 48.5 Å². The van der Waals surface area contributed by atoms with Gasteiger partial charge in [-0.3, -0.25) is 14.6 Å². The third-order valence-electron chi connectivity index (χ3n) is 6.41. The minimum atomic E-state index is -0.454. The Labute approximate surface area is 183 Å². The highest BCUT2D eigenvalue weighted by molar-refractivity contribution is 6.01. The van der Waals surface area contributed by atoms with Crippen LogP contribution in [-0.4, -0.2) is 25.4 Å². The number of ketones is 1. The molecular weight excluding hydrogens is 402 g/mol. The summed E-state index contributed by atoms with van der Waals surface area (Å²) in [4.78, 5) is 33.9. The number of fused-ring (bicyclic) bond motifs is 3. The van der Waals surface area contributed by atoms with Gasteiger partial charge in [0.15, 0.2) is 5.78 Å². The first-order valence-corrected chi connectivity index (χ1v) is 10.7. The zero-order chi connectivity index (χ0) is 21.8. The third-order valence-corrected chi connectivity index (χ3v) is 6.41. The summed E-state index contributed by atoms with van der Waals surface area (Å²) in [6.45, 7) is 1.79. The molecule has 7 heteroatoms. The molecule has 2 aliphatic rings. The van der Waals surface area contributed by atoms with E-state index in [1.165, 1.54) is 0 Å². The SMILES string of the molecule is Cc1nc2[nH]c(=O)c3c(n2n1)NC1=C(C(=O)CC(c2ccccc2)C1)C3c1ccccc1. The molecule has 2 aromatic carbocycles. The van der Waals surface area contributed by atoms with Crippen LogP contribution in [0.1, 0.15) is 47.2 Å². The highest BCUT2D eigenvalue weighted by atomic mass is 16.1. The zero-order valence-corrected chi connectivity index (χ0v) is 17.5. The molecule has 0 bridgehead atoms. The molecule has 2 N–H and O–H groups in total. The van der Waals surface area contributed by atoms with Crippen LogP contribution in [0.25, 0.3) is 5.78 Å². The van der Waals surface area contributed by atoms with E-state index in [-0.39, 0.29) is 17.3 Å². The summed E-state index contributed by atoms with van der Waals surface area (Å²) in [6.07, 6.45) is 1.11. The number of carbonyl (C=O) groups excluding carboxylic acids is 1. The van der Waals surface area contributed by atoms with E-state index >= 15 is 0 Å². The quantitative estimate of drug-likeness (QED) is 0.513. The molecule has 4 aromatic rings. The maximum absolute atomic E-state index is 13.5. The van der Waals surface area contributed by atoms with Crippen LogP contribution in [0.3, 0.4) is 0 Å². The fraction of sp³-hybridized carbons (Fsp3) is 0.200. The van der Waals surface area contributed by atoms with Crippen LogP contribution in [-0.2, 0) is 4.79 Å². The monoisotopic (exact) mass is 423 g/mol. The lowest BCUT2D eigenvalue weighted by Gasteiger charge is -2.36. The Morgan fingerprint density at radius 1 is 0.938 bits per heavy atom. The van der Waals surface area contributed by atoms with Gasteiger partial charge in [0.1, 0.15) is 11.6 Å². The van der Waals surface area contributed by atoms with Gasteiger partial charge < -0.3 is 5.32 Å². The number of anilines is 1. The predicted octanol–water partition coefficient (Wildman–Crippen LogP) is 3.68. The molecule has 1 aliphatic heterocycles. The predicted molar refractivity (Wildman–Crippen MR) is 121 cm³/mol. The fourth-order valence-electron chi connectivity index (χ4n) is 5.04. The molecule has 0 radical (unpaired) electrons. The molecule has 0 amide bonds. The number of rotatable bonds is 2. The van der Waals surface area contributed by atoms with Gasteiger partial charge in [-0.2, -0.15) is 9.50 Å². The first-order valence-electron chi connectivity index (χ1n) is 10.7. The number of hydrogen-bond acceptors (Lipinski definition) is 5. The molecule has 6 rings (SSSR count). The van der Waals surface area contributed by atoms with Crippen LogP contribution >= 0.6 is 0 Å². The Kier molecular flexibility index (Phi) is 4.11. The second-order valence-corrected chi connectivity index (χ2v) is 8.41. The smallest absolute Gasteiger partial charge is 0.258 e. The number of nitrogens with one attached hydrogen (secondary N) is 2. The molecule has 0 fully saturated rings. The fourth-order valence-corrected chi connectivity index (χ4v) is 5.04. The summed E-state index contributed by atoms with van der Waals surface area (Å²) >= 11 is 0. The summed E-state index contributed by atoms with van der Waals surface area (Å²) in [5, 5.41) is 7.92. The van der Waals surface area contributed by atoms with E-state index in [0.29, 0.717) is 41.4 Å². The standard InChI is InChI=1S/C25H21N5O2/c1-14-26-25-28-24(32)22-20(16-10-6-3-7-11-16)21-18(27-23(22)30(25)29-14)12-17(13-19(21)31)15-8-4-2-5-9-15/h2-11,17,20,27H,12-13H2,1H3,(H,26,28,29,32). The lowest BCUT2D eigenvalue weighted by molar-refractivity contribution is -0.116. The van der Waals surface area contributed by atoms with Crippen LogP contribution in [0.2, 0.25) is 0 Å². The average molecular weight is 423 g/mol. The van der Waals surface area contributed by atoms with Crippen molar-refractivity contribution in [2.75, 3.05) is 5.32 Å².